The molecule has 0 radical (unpaired) electrons. The van der Waals surface area contributed by atoms with E-state index in [1.165, 1.54) is 6.92 Å². The normalized spacial score (nSPS) is 14.0. The van der Waals surface area contributed by atoms with Gasteiger partial charge < -0.3 is 5.11 Å². The molecule has 1 aromatic rings. The summed E-state index contributed by atoms with van der Waals surface area (Å²) in [5.41, 5.74) is -1.27. The van der Waals surface area contributed by atoms with Gasteiger partial charge in [0.15, 0.2) is 11.7 Å². The molecule has 0 spiro atoms. The first-order valence-electron chi connectivity index (χ1n) is 5.12. The first kappa shape index (κ1) is 14.8. The highest BCUT2D eigenvalue weighted by molar-refractivity contribution is 6.32. The van der Waals surface area contributed by atoms with Crippen LogP contribution in [0.25, 0.3) is 0 Å². The fourth-order valence-corrected chi connectivity index (χ4v) is 1.85. The molecule has 1 aromatic heterocycles. The summed E-state index contributed by atoms with van der Waals surface area (Å²) < 4.78 is 38.6. The highest BCUT2D eigenvalue weighted by atomic mass is 35.5. The van der Waals surface area contributed by atoms with Crippen LogP contribution < -0.4 is 0 Å². The summed E-state index contributed by atoms with van der Waals surface area (Å²) >= 11 is 5.56. The van der Waals surface area contributed by atoms with E-state index in [4.69, 9.17) is 16.7 Å². The van der Waals surface area contributed by atoms with Crippen molar-refractivity contribution < 1.29 is 23.1 Å². The largest absolute Gasteiger partial charge is 0.480 e. The molecule has 1 N–H and O–H groups in total. The molecular formula is C10H12ClF3N2O2. The molecule has 0 aliphatic carbocycles. The minimum atomic E-state index is -4.70. The third-order valence-electron chi connectivity index (χ3n) is 2.49. The molecule has 0 saturated carbocycles. The number of hydrogen-bond acceptors (Lipinski definition) is 2. The molecule has 0 aliphatic rings. The number of hydrogen-bond donors (Lipinski definition) is 1. The van der Waals surface area contributed by atoms with E-state index in [-0.39, 0.29) is 5.69 Å². The van der Waals surface area contributed by atoms with Gasteiger partial charge in [0.05, 0.1) is 10.7 Å². The standard InChI is InChI=1S/C10H12ClF3N2O2/c1-4(2)7(9(17)18)16-5(3)6(11)8(15-16)10(12,13)14/h4,7H,1-3H3,(H,17,18). The molecule has 18 heavy (non-hydrogen) atoms. The van der Waals surface area contributed by atoms with Gasteiger partial charge in [-0.15, -0.1) is 0 Å². The number of halogens is 4. The van der Waals surface area contributed by atoms with Crippen molar-refractivity contribution in [1.82, 2.24) is 9.78 Å². The molecule has 4 nitrogen and oxygen atoms in total. The van der Waals surface area contributed by atoms with Crippen molar-refractivity contribution in [3.63, 3.8) is 0 Å². The Morgan fingerprint density at radius 1 is 1.44 bits per heavy atom. The number of rotatable bonds is 3. The lowest BCUT2D eigenvalue weighted by Gasteiger charge is -2.18. The van der Waals surface area contributed by atoms with Gasteiger partial charge in [-0.25, -0.2) is 4.79 Å². The first-order chi connectivity index (χ1) is 8.07. The van der Waals surface area contributed by atoms with Gasteiger partial charge in [0.2, 0.25) is 0 Å². The topological polar surface area (TPSA) is 55.1 Å². The van der Waals surface area contributed by atoms with Crippen molar-refractivity contribution >= 4 is 17.6 Å². The van der Waals surface area contributed by atoms with Crippen LogP contribution >= 0.6 is 11.6 Å². The Balaban J connectivity index is 3.39. The van der Waals surface area contributed by atoms with Gasteiger partial charge in [0, 0.05) is 0 Å². The summed E-state index contributed by atoms with van der Waals surface area (Å²) in [6.07, 6.45) is -4.70. The zero-order chi connectivity index (χ0) is 14.2. The van der Waals surface area contributed by atoms with Crippen LogP contribution in [-0.2, 0) is 11.0 Å². The van der Waals surface area contributed by atoms with Crippen molar-refractivity contribution in [3.05, 3.63) is 16.4 Å². The predicted octanol–water partition coefficient (Wildman–Crippen LogP) is 3.15. The fraction of sp³-hybridized carbons (Fsp3) is 0.600. The van der Waals surface area contributed by atoms with Crippen molar-refractivity contribution in [2.75, 3.05) is 0 Å². The second-order valence-corrected chi connectivity index (χ2v) is 4.60. The molecule has 1 unspecified atom stereocenters. The van der Waals surface area contributed by atoms with Gasteiger partial charge in [-0.05, 0) is 12.8 Å². The van der Waals surface area contributed by atoms with Crippen LogP contribution in [0.1, 0.15) is 31.3 Å². The Morgan fingerprint density at radius 3 is 2.22 bits per heavy atom. The molecule has 8 heteroatoms. The van der Waals surface area contributed by atoms with E-state index >= 15 is 0 Å². The van der Waals surface area contributed by atoms with Crippen LogP contribution in [0.4, 0.5) is 13.2 Å². The third-order valence-corrected chi connectivity index (χ3v) is 2.95. The fourth-order valence-electron chi connectivity index (χ4n) is 1.62. The zero-order valence-corrected chi connectivity index (χ0v) is 10.7. The molecule has 1 rings (SSSR count). The first-order valence-corrected chi connectivity index (χ1v) is 5.49. The maximum Gasteiger partial charge on any atom is 0.436 e. The number of alkyl halides is 3. The van der Waals surface area contributed by atoms with Crippen molar-refractivity contribution in [1.29, 1.82) is 0 Å². The smallest absolute Gasteiger partial charge is 0.436 e. The summed E-state index contributed by atoms with van der Waals surface area (Å²) in [5, 5.41) is 11.8. The van der Waals surface area contributed by atoms with Gasteiger partial charge in [0.1, 0.15) is 0 Å². The number of carboxylic acid groups (broad SMARTS) is 1. The SMILES string of the molecule is Cc1c(Cl)c(C(F)(F)F)nn1C(C(=O)O)C(C)C. The highest BCUT2D eigenvalue weighted by Gasteiger charge is 2.40. The number of nitrogens with zero attached hydrogens (tertiary/aromatic N) is 2. The van der Waals surface area contributed by atoms with Gasteiger partial charge in [-0.1, -0.05) is 25.4 Å². The van der Waals surface area contributed by atoms with Crippen LogP contribution in [0, 0.1) is 12.8 Å². The van der Waals surface area contributed by atoms with Gasteiger partial charge in [-0.2, -0.15) is 18.3 Å². The average Bonchev–Trinajstić information content (AvgIpc) is 2.44. The van der Waals surface area contributed by atoms with E-state index in [1.54, 1.807) is 13.8 Å². The summed E-state index contributed by atoms with van der Waals surface area (Å²) in [6.45, 7) is 4.48. The Morgan fingerprint density at radius 2 is 1.94 bits per heavy atom. The minimum Gasteiger partial charge on any atom is -0.480 e. The van der Waals surface area contributed by atoms with E-state index in [0.717, 1.165) is 4.68 Å². The molecule has 0 fully saturated rings. The molecule has 1 heterocycles. The molecule has 102 valence electrons. The van der Waals surface area contributed by atoms with Crippen molar-refractivity contribution in [2.45, 2.75) is 33.0 Å². The molecule has 0 saturated heterocycles. The van der Waals surface area contributed by atoms with E-state index in [1.807, 2.05) is 0 Å². The quantitative estimate of drug-likeness (QED) is 0.927. The van der Waals surface area contributed by atoms with Crippen molar-refractivity contribution in [2.24, 2.45) is 5.92 Å². The molecule has 0 amide bonds. The molecule has 0 aliphatic heterocycles. The zero-order valence-electron chi connectivity index (χ0n) is 9.92. The molecule has 0 bridgehead atoms. The van der Waals surface area contributed by atoms with E-state index < -0.39 is 34.8 Å². The van der Waals surface area contributed by atoms with E-state index in [9.17, 15) is 18.0 Å². The van der Waals surface area contributed by atoms with Gasteiger partial charge in [-0.3, -0.25) is 4.68 Å². The van der Waals surface area contributed by atoms with Crippen LogP contribution in [0.15, 0.2) is 0 Å². The second-order valence-electron chi connectivity index (χ2n) is 4.22. The van der Waals surface area contributed by atoms with Crippen LogP contribution in [0.5, 0.6) is 0 Å². The summed E-state index contributed by atoms with van der Waals surface area (Å²) in [7, 11) is 0. The summed E-state index contributed by atoms with van der Waals surface area (Å²) in [6, 6.07) is -1.18. The van der Waals surface area contributed by atoms with Crippen LogP contribution in [-0.4, -0.2) is 20.9 Å². The third kappa shape index (κ3) is 2.60. The lowest BCUT2D eigenvalue weighted by atomic mass is 10.1. The maximum atomic E-state index is 12.6. The highest BCUT2D eigenvalue weighted by Crippen LogP contribution is 2.36. The summed E-state index contributed by atoms with van der Waals surface area (Å²) in [5.74, 6) is -1.67. The Hall–Kier alpha value is -1.24. The van der Waals surface area contributed by atoms with E-state index in [0.29, 0.717) is 0 Å². The lowest BCUT2D eigenvalue weighted by molar-refractivity contribution is -0.145. The Bertz CT molecular complexity index is 468. The Kier molecular flexibility index (Phi) is 3.95. The van der Waals surface area contributed by atoms with Crippen LogP contribution in [0.2, 0.25) is 5.02 Å². The number of carbonyl (C=O) groups is 1. The lowest BCUT2D eigenvalue weighted by Crippen LogP contribution is -2.26. The van der Waals surface area contributed by atoms with Crippen LogP contribution in [0.3, 0.4) is 0 Å². The predicted molar refractivity (Wildman–Crippen MR) is 58.5 cm³/mol. The minimum absolute atomic E-state index is 0.00917. The van der Waals surface area contributed by atoms with E-state index in [2.05, 4.69) is 5.10 Å². The molecule has 0 aromatic carbocycles. The van der Waals surface area contributed by atoms with Gasteiger partial charge in [0.25, 0.3) is 0 Å². The molecular weight excluding hydrogens is 273 g/mol. The number of aliphatic carboxylic acids is 1. The van der Waals surface area contributed by atoms with Crippen molar-refractivity contribution in [3.8, 4) is 0 Å². The van der Waals surface area contributed by atoms with Gasteiger partial charge >= 0.3 is 12.1 Å². The molecule has 1 atom stereocenters. The number of carboxylic acids is 1. The second kappa shape index (κ2) is 4.79. The summed E-state index contributed by atoms with van der Waals surface area (Å²) in [4.78, 5) is 11.1. The monoisotopic (exact) mass is 284 g/mol. The number of aromatic nitrogens is 2. The maximum absolute atomic E-state index is 12.6. The average molecular weight is 285 g/mol. The Labute approximate surface area is 106 Å².